The highest BCUT2D eigenvalue weighted by Gasteiger charge is 2.18. The number of hydrogen-bond donors (Lipinski definition) is 1. The Morgan fingerprint density at radius 2 is 1.95 bits per heavy atom. The Morgan fingerprint density at radius 3 is 2.60 bits per heavy atom. The molecule has 0 aliphatic carbocycles. The second kappa shape index (κ2) is 6.66. The molecule has 0 fully saturated rings. The van der Waals surface area contributed by atoms with Crippen LogP contribution in [0.1, 0.15) is 17.0 Å². The van der Waals surface area contributed by atoms with E-state index in [4.69, 9.17) is 17.3 Å². The van der Waals surface area contributed by atoms with Crippen molar-refractivity contribution in [3.63, 3.8) is 0 Å². The number of hydrogen-bond acceptors (Lipinski definition) is 1. The van der Waals surface area contributed by atoms with Crippen LogP contribution in [0.15, 0.2) is 40.9 Å². The average molecular weight is 361 g/mol. The van der Waals surface area contributed by atoms with Crippen molar-refractivity contribution >= 4 is 27.5 Å². The van der Waals surface area contributed by atoms with Gasteiger partial charge in [0.25, 0.3) is 0 Å². The second-order valence-electron chi connectivity index (χ2n) is 4.51. The van der Waals surface area contributed by atoms with Gasteiger partial charge in [-0.15, -0.1) is 0 Å². The molecule has 0 aliphatic heterocycles. The van der Waals surface area contributed by atoms with Gasteiger partial charge in [0.05, 0.1) is 4.47 Å². The van der Waals surface area contributed by atoms with Crippen LogP contribution < -0.4 is 5.73 Å². The van der Waals surface area contributed by atoms with Gasteiger partial charge in [-0.2, -0.15) is 0 Å². The summed E-state index contributed by atoms with van der Waals surface area (Å²) in [6.07, 6.45) is 0.188. The first kappa shape index (κ1) is 15.4. The van der Waals surface area contributed by atoms with E-state index in [1.807, 2.05) is 6.07 Å². The van der Waals surface area contributed by atoms with Crippen LogP contribution in [0.25, 0.3) is 0 Å². The van der Waals surface area contributed by atoms with E-state index in [2.05, 4.69) is 15.9 Å². The molecule has 0 amide bonds. The number of rotatable bonds is 4. The highest BCUT2D eigenvalue weighted by Crippen LogP contribution is 2.28. The van der Waals surface area contributed by atoms with Crippen LogP contribution in [0, 0.1) is 11.6 Å². The topological polar surface area (TPSA) is 26.0 Å². The zero-order valence-corrected chi connectivity index (χ0v) is 12.9. The molecule has 2 rings (SSSR count). The van der Waals surface area contributed by atoms with Crippen molar-refractivity contribution in [2.75, 3.05) is 6.54 Å². The number of nitrogens with two attached hydrogens (primary N) is 1. The van der Waals surface area contributed by atoms with Crippen molar-refractivity contribution in [2.45, 2.75) is 12.3 Å². The SMILES string of the molecule is NCC(Cc1c(F)ccc(Br)c1F)c1cccc(Cl)c1. The summed E-state index contributed by atoms with van der Waals surface area (Å²) in [5.74, 6) is -1.33. The maximum Gasteiger partial charge on any atom is 0.143 e. The minimum absolute atomic E-state index is 0.0369. The summed E-state index contributed by atoms with van der Waals surface area (Å²) in [5, 5.41) is 0.580. The lowest BCUT2D eigenvalue weighted by Crippen LogP contribution is -2.16. The minimum atomic E-state index is -0.578. The normalized spacial score (nSPS) is 12.4. The van der Waals surface area contributed by atoms with Crippen molar-refractivity contribution in [1.82, 2.24) is 0 Å². The van der Waals surface area contributed by atoms with Crippen LogP contribution in [0.3, 0.4) is 0 Å². The zero-order valence-electron chi connectivity index (χ0n) is 10.5. The fraction of sp³-hybridized carbons (Fsp3) is 0.200. The fourth-order valence-electron chi connectivity index (χ4n) is 2.10. The average Bonchev–Trinajstić information content (AvgIpc) is 2.43. The summed E-state index contributed by atoms with van der Waals surface area (Å²) >= 11 is 9.01. The highest BCUT2D eigenvalue weighted by atomic mass is 79.9. The molecular weight excluding hydrogens is 348 g/mol. The highest BCUT2D eigenvalue weighted by molar-refractivity contribution is 9.10. The van der Waals surface area contributed by atoms with Gasteiger partial charge in [0, 0.05) is 16.5 Å². The van der Waals surface area contributed by atoms with Crippen LogP contribution in [-0.2, 0) is 6.42 Å². The van der Waals surface area contributed by atoms with Gasteiger partial charge in [-0.3, -0.25) is 0 Å². The lowest BCUT2D eigenvalue weighted by molar-refractivity contribution is 0.534. The molecule has 20 heavy (non-hydrogen) atoms. The quantitative estimate of drug-likeness (QED) is 0.788. The molecule has 0 spiro atoms. The third kappa shape index (κ3) is 3.37. The van der Waals surface area contributed by atoms with Gasteiger partial charge in [-0.05, 0) is 58.7 Å². The Balaban J connectivity index is 2.34. The summed E-state index contributed by atoms with van der Waals surface area (Å²) in [7, 11) is 0. The van der Waals surface area contributed by atoms with E-state index in [9.17, 15) is 8.78 Å². The zero-order chi connectivity index (χ0) is 14.7. The molecule has 2 aromatic rings. The first-order valence-electron chi connectivity index (χ1n) is 6.10. The Kier molecular flexibility index (Phi) is 5.13. The van der Waals surface area contributed by atoms with E-state index >= 15 is 0 Å². The predicted molar refractivity (Wildman–Crippen MR) is 81.0 cm³/mol. The van der Waals surface area contributed by atoms with E-state index < -0.39 is 11.6 Å². The molecule has 0 aliphatic rings. The van der Waals surface area contributed by atoms with E-state index in [1.54, 1.807) is 18.2 Å². The Morgan fingerprint density at radius 1 is 1.20 bits per heavy atom. The molecule has 0 aromatic heterocycles. The van der Waals surface area contributed by atoms with Crippen molar-refractivity contribution < 1.29 is 8.78 Å². The maximum atomic E-state index is 14.0. The van der Waals surface area contributed by atoms with Crippen molar-refractivity contribution in [1.29, 1.82) is 0 Å². The molecule has 1 atom stereocenters. The molecule has 0 saturated heterocycles. The first-order valence-corrected chi connectivity index (χ1v) is 7.28. The minimum Gasteiger partial charge on any atom is -0.330 e. The monoisotopic (exact) mass is 359 g/mol. The summed E-state index contributed by atoms with van der Waals surface area (Å²) in [6.45, 7) is 0.283. The van der Waals surface area contributed by atoms with E-state index in [-0.39, 0.29) is 28.9 Å². The van der Waals surface area contributed by atoms with Crippen molar-refractivity contribution in [3.05, 3.63) is 68.7 Å². The Bertz CT molecular complexity index is 619. The third-order valence-electron chi connectivity index (χ3n) is 3.19. The summed E-state index contributed by atoms with van der Waals surface area (Å²) < 4.78 is 28.0. The van der Waals surface area contributed by atoms with Crippen molar-refractivity contribution in [2.24, 2.45) is 5.73 Å². The van der Waals surface area contributed by atoms with Gasteiger partial charge >= 0.3 is 0 Å². The molecule has 5 heteroatoms. The van der Waals surface area contributed by atoms with Gasteiger partial charge in [-0.1, -0.05) is 23.7 Å². The van der Waals surface area contributed by atoms with Gasteiger partial charge < -0.3 is 5.73 Å². The lowest BCUT2D eigenvalue weighted by atomic mass is 9.91. The molecule has 0 saturated carbocycles. The first-order chi connectivity index (χ1) is 9.52. The summed E-state index contributed by atoms with van der Waals surface area (Å²) in [5.41, 5.74) is 6.65. The van der Waals surface area contributed by atoms with Crippen LogP contribution >= 0.6 is 27.5 Å². The van der Waals surface area contributed by atoms with Crippen LogP contribution in [0.2, 0.25) is 5.02 Å². The molecule has 106 valence electrons. The Labute approximate surface area is 129 Å². The lowest BCUT2D eigenvalue weighted by Gasteiger charge is -2.17. The Hall–Kier alpha value is -0.970. The van der Waals surface area contributed by atoms with Gasteiger partial charge in [0.15, 0.2) is 0 Å². The summed E-state index contributed by atoms with van der Waals surface area (Å²) in [6, 6.07) is 9.77. The van der Waals surface area contributed by atoms with Crippen LogP contribution in [-0.4, -0.2) is 6.54 Å². The second-order valence-corrected chi connectivity index (χ2v) is 5.80. The van der Waals surface area contributed by atoms with Crippen molar-refractivity contribution in [3.8, 4) is 0 Å². The fourth-order valence-corrected chi connectivity index (χ4v) is 2.67. The molecule has 2 N–H and O–H groups in total. The summed E-state index contributed by atoms with van der Waals surface area (Å²) in [4.78, 5) is 0. The van der Waals surface area contributed by atoms with E-state index in [1.165, 1.54) is 12.1 Å². The van der Waals surface area contributed by atoms with Gasteiger partial charge in [-0.25, -0.2) is 8.78 Å². The smallest absolute Gasteiger partial charge is 0.143 e. The van der Waals surface area contributed by atoms with E-state index in [0.29, 0.717) is 5.02 Å². The van der Waals surface area contributed by atoms with Gasteiger partial charge in [0.1, 0.15) is 11.6 Å². The predicted octanol–water partition coefficient (Wildman–Crippen LogP) is 4.67. The number of halogens is 4. The largest absolute Gasteiger partial charge is 0.330 e. The molecule has 0 heterocycles. The van der Waals surface area contributed by atoms with Gasteiger partial charge in [0.2, 0.25) is 0 Å². The number of benzene rings is 2. The van der Waals surface area contributed by atoms with E-state index in [0.717, 1.165) is 5.56 Å². The molecule has 2 aromatic carbocycles. The molecular formula is C15H13BrClF2N. The molecule has 1 nitrogen and oxygen atoms in total. The van der Waals surface area contributed by atoms with Crippen LogP contribution in [0.4, 0.5) is 8.78 Å². The standard InChI is InChI=1S/C15H13BrClF2N/c16-13-4-5-14(18)12(15(13)19)7-10(8-20)9-2-1-3-11(17)6-9/h1-6,10H,7-8,20H2. The maximum absolute atomic E-state index is 14.0. The molecule has 0 bridgehead atoms. The van der Waals surface area contributed by atoms with Crippen LogP contribution in [0.5, 0.6) is 0 Å². The molecule has 0 radical (unpaired) electrons. The molecule has 1 unspecified atom stereocenters. The third-order valence-corrected chi connectivity index (χ3v) is 4.04.